The van der Waals surface area contributed by atoms with E-state index < -0.39 is 19.7 Å². The highest BCUT2D eigenvalue weighted by Crippen LogP contribution is 2.34. The number of halogens is 3. The minimum absolute atomic E-state index is 0.131. The summed E-state index contributed by atoms with van der Waals surface area (Å²) in [5.41, 5.74) is 0.734. The molecule has 0 bridgehead atoms. The molecule has 0 unspecified atom stereocenters. The Hall–Kier alpha value is -1.02. The Balaban J connectivity index is 3.32. The number of nitrogens with zero attached hydrogens (tertiary/aromatic N) is 1. The average molecular weight is 361 g/mol. The van der Waals surface area contributed by atoms with E-state index in [4.69, 9.17) is 38.6 Å². The van der Waals surface area contributed by atoms with Gasteiger partial charge in [-0.05, 0) is 18.6 Å². The quantitative estimate of drug-likeness (QED) is 0.455. The molecule has 1 rings (SSSR count). The van der Waals surface area contributed by atoms with Gasteiger partial charge in [0.25, 0.3) is 9.05 Å². The van der Waals surface area contributed by atoms with E-state index in [9.17, 15) is 18.5 Å². The van der Waals surface area contributed by atoms with Crippen molar-refractivity contribution < 1.29 is 18.1 Å². The largest absolute Gasteiger partial charge is 0.481 e. The van der Waals surface area contributed by atoms with Crippen molar-refractivity contribution in [1.29, 1.82) is 0 Å². The van der Waals surface area contributed by atoms with Gasteiger partial charge >= 0.3 is 5.69 Å². The predicted octanol–water partition coefficient (Wildman–Crippen LogP) is 3.53. The Kier molecular flexibility index (Phi) is 5.64. The van der Waals surface area contributed by atoms with Gasteiger partial charge in [-0.1, -0.05) is 23.2 Å². The number of ether oxygens (including phenoxy) is 1. The van der Waals surface area contributed by atoms with Gasteiger partial charge in [0.15, 0.2) is 5.75 Å². The van der Waals surface area contributed by atoms with Crippen LogP contribution in [0, 0.1) is 17.0 Å². The lowest BCUT2D eigenvalue weighted by atomic mass is 10.2. The number of nitro benzene ring substituents is 1. The molecule has 0 fully saturated rings. The van der Waals surface area contributed by atoms with E-state index >= 15 is 0 Å². The maximum atomic E-state index is 11.3. The number of benzene rings is 1. The molecule has 0 N–H and O–H groups in total. The maximum absolute atomic E-state index is 11.3. The molecule has 0 saturated carbocycles. The molecule has 0 amide bonds. The zero-order valence-corrected chi connectivity index (χ0v) is 13.1. The molecule has 0 radical (unpaired) electrons. The standard InChI is InChI=1S/C10H8Cl3NO5S/c1-6-2-9(19-5-7(12)4-11)8(14(15)16)3-10(6)20(13,17)18/h2-4H,5H2,1H3/b7-4-. The topological polar surface area (TPSA) is 86.5 Å². The molecule has 110 valence electrons. The second kappa shape index (κ2) is 6.62. The number of hydrogen-bond acceptors (Lipinski definition) is 5. The summed E-state index contributed by atoms with van der Waals surface area (Å²) in [5, 5.41) is 11.1. The van der Waals surface area contributed by atoms with Crippen LogP contribution in [0.1, 0.15) is 5.56 Å². The fourth-order valence-electron chi connectivity index (χ4n) is 1.35. The molecule has 0 atom stereocenters. The van der Waals surface area contributed by atoms with Crippen molar-refractivity contribution in [2.24, 2.45) is 0 Å². The summed E-state index contributed by atoms with van der Waals surface area (Å²) in [6.07, 6.45) is 0. The van der Waals surface area contributed by atoms with Gasteiger partial charge in [0.2, 0.25) is 0 Å². The lowest BCUT2D eigenvalue weighted by Gasteiger charge is -2.09. The lowest BCUT2D eigenvalue weighted by molar-refractivity contribution is -0.386. The zero-order chi connectivity index (χ0) is 15.5. The number of hydrogen-bond donors (Lipinski definition) is 0. The van der Waals surface area contributed by atoms with Crippen LogP contribution in [-0.4, -0.2) is 19.9 Å². The molecule has 0 aliphatic heterocycles. The molecule has 0 spiro atoms. The van der Waals surface area contributed by atoms with E-state index in [-0.39, 0.29) is 27.8 Å². The molecule has 0 aliphatic carbocycles. The molecule has 0 aromatic heterocycles. The smallest absolute Gasteiger partial charge is 0.312 e. The first-order valence-electron chi connectivity index (χ1n) is 4.98. The summed E-state index contributed by atoms with van der Waals surface area (Å²) in [4.78, 5) is 9.81. The molecule has 1 aromatic carbocycles. The second-order valence-corrected chi connectivity index (χ2v) is 6.86. The van der Waals surface area contributed by atoms with Crippen LogP contribution in [0.4, 0.5) is 5.69 Å². The van der Waals surface area contributed by atoms with Gasteiger partial charge in [-0.25, -0.2) is 8.42 Å². The molecule has 6 nitrogen and oxygen atoms in total. The molecule has 20 heavy (non-hydrogen) atoms. The molecule has 10 heteroatoms. The Morgan fingerprint density at radius 2 is 2.10 bits per heavy atom. The first-order chi connectivity index (χ1) is 9.16. The molecular weight excluding hydrogens is 353 g/mol. The van der Waals surface area contributed by atoms with Gasteiger partial charge in [-0.3, -0.25) is 10.1 Å². The fraction of sp³-hybridized carbons (Fsp3) is 0.200. The van der Waals surface area contributed by atoms with E-state index in [0.29, 0.717) is 0 Å². The van der Waals surface area contributed by atoms with Crippen LogP contribution in [0.3, 0.4) is 0 Å². The first kappa shape index (κ1) is 17.0. The third kappa shape index (κ3) is 4.24. The number of nitro groups is 1. The van der Waals surface area contributed by atoms with Crippen LogP contribution in [0.5, 0.6) is 5.75 Å². The molecular formula is C10H8Cl3NO5S. The van der Waals surface area contributed by atoms with Gasteiger partial charge in [-0.2, -0.15) is 0 Å². The number of aryl methyl sites for hydroxylation is 1. The van der Waals surface area contributed by atoms with Gasteiger partial charge in [0.05, 0.1) is 14.9 Å². The van der Waals surface area contributed by atoms with E-state index in [1.54, 1.807) is 0 Å². The van der Waals surface area contributed by atoms with Crippen molar-refractivity contribution in [3.8, 4) is 5.75 Å². The van der Waals surface area contributed by atoms with E-state index in [2.05, 4.69) is 0 Å². The second-order valence-electron chi connectivity index (χ2n) is 3.63. The van der Waals surface area contributed by atoms with E-state index in [0.717, 1.165) is 11.6 Å². The van der Waals surface area contributed by atoms with Crippen LogP contribution in [0.25, 0.3) is 0 Å². The Labute approximate surface area is 129 Å². The predicted molar refractivity (Wildman–Crippen MR) is 76.2 cm³/mol. The van der Waals surface area contributed by atoms with Gasteiger partial charge in [-0.15, -0.1) is 0 Å². The Bertz CT molecular complexity index is 672. The van der Waals surface area contributed by atoms with E-state index in [1.807, 2.05) is 0 Å². The van der Waals surface area contributed by atoms with Crippen LogP contribution in [-0.2, 0) is 9.05 Å². The van der Waals surface area contributed by atoms with Crippen molar-refractivity contribution in [2.75, 3.05) is 6.61 Å². The number of rotatable bonds is 5. The summed E-state index contributed by atoms with van der Waals surface area (Å²) < 4.78 is 27.7. The highest BCUT2D eigenvalue weighted by molar-refractivity contribution is 8.13. The maximum Gasteiger partial charge on any atom is 0.312 e. The van der Waals surface area contributed by atoms with Gasteiger partial charge in [0, 0.05) is 22.3 Å². The summed E-state index contributed by atoms with van der Waals surface area (Å²) in [6, 6.07) is 2.04. The Morgan fingerprint density at radius 3 is 2.55 bits per heavy atom. The summed E-state index contributed by atoms with van der Waals surface area (Å²) >= 11 is 10.9. The Morgan fingerprint density at radius 1 is 1.50 bits per heavy atom. The van der Waals surface area contributed by atoms with E-state index in [1.165, 1.54) is 13.0 Å². The van der Waals surface area contributed by atoms with Gasteiger partial charge < -0.3 is 4.74 Å². The summed E-state index contributed by atoms with van der Waals surface area (Å²) in [6.45, 7) is 1.25. The summed E-state index contributed by atoms with van der Waals surface area (Å²) in [7, 11) is 1.12. The fourth-order valence-corrected chi connectivity index (χ4v) is 2.66. The van der Waals surface area contributed by atoms with Crippen LogP contribution in [0.2, 0.25) is 0 Å². The van der Waals surface area contributed by atoms with Crippen molar-refractivity contribution >= 4 is 48.6 Å². The minimum atomic E-state index is -4.09. The van der Waals surface area contributed by atoms with Crippen molar-refractivity contribution in [3.05, 3.63) is 38.4 Å². The van der Waals surface area contributed by atoms with Crippen molar-refractivity contribution in [1.82, 2.24) is 0 Å². The first-order valence-corrected chi connectivity index (χ1v) is 8.10. The zero-order valence-electron chi connectivity index (χ0n) is 9.97. The molecule has 0 heterocycles. The highest BCUT2D eigenvalue weighted by Gasteiger charge is 2.23. The SMILES string of the molecule is Cc1cc(OC/C(Cl)=C/Cl)c([N+](=O)[O-])cc1S(=O)(=O)Cl. The minimum Gasteiger partial charge on any atom is -0.481 e. The third-order valence-corrected chi connectivity index (χ3v) is 4.26. The highest BCUT2D eigenvalue weighted by atomic mass is 35.7. The monoisotopic (exact) mass is 359 g/mol. The average Bonchev–Trinajstić information content (AvgIpc) is 2.33. The van der Waals surface area contributed by atoms with Crippen LogP contribution < -0.4 is 4.74 Å². The molecule has 0 saturated heterocycles. The van der Waals surface area contributed by atoms with Gasteiger partial charge in [0.1, 0.15) is 6.61 Å². The normalized spacial score (nSPS) is 12.3. The third-order valence-electron chi connectivity index (χ3n) is 2.20. The van der Waals surface area contributed by atoms with Crippen LogP contribution in [0.15, 0.2) is 27.6 Å². The van der Waals surface area contributed by atoms with Crippen LogP contribution >= 0.6 is 33.9 Å². The van der Waals surface area contributed by atoms with Crippen molar-refractivity contribution in [3.63, 3.8) is 0 Å². The van der Waals surface area contributed by atoms with Crippen molar-refractivity contribution in [2.45, 2.75) is 11.8 Å². The lowest BCUT2D eigenvalue weighted by Crippen LogP contribution is -2.03. The summed E-state index contributed by atoms with van der Waals surface area (Å²) in [5.74, 6) is -0.131. The molecule has 0 aliphatic rings. The molecule has 1 aromatic rings.